The van der Waals surface area contributed by atoms with Gasteiger partial charge in [-0.05, 0) is 18.4 Å². The molecule has 0 saturated heterocycles. The van der Waals surface area contributed by atoms with Gasteiger partial charge < -0.3 is 9.47 Å². The molecule has 4 heteroatoms. The van der Waals surface area contributed by atoms with Gasteiger partial charge in [0.15, 0.2) is 0 Å². The van der Waals surface area contributed by atoms with Crippen LogP contribution in [0.2, 0.25) is 0 Å². The standard InChI is InChI=1S/C10H10O2.C6H8O2/c1-2-10(11)12-8-9-6-4-3-5-7-9;1-2-6(7)8-5-3-4-5/h2-7H,1,8H2;2,5H,1,3-4H2. The minimum Gasteiger partial charge on any atom is -0.459 e. The summed E-state index contributed by atoms with van der Waals surface area (Å²) in [5.41, 5.74) is 0.979. The molecule has 1 aliphatic carbocycles. The van der Waals surface area contributed by atoms with Crippen LogP contribution in [0.15, 0.2) is 55.6 Å². The minimum absolute atomic E-state index is 0.209. The van der Waals surface area contributed by atoms with Crippen LogP contribution in [-0.4, -0.2) is 18.0 Å². The third kappa shape index (κ3) is 7.16. The van der Waals surface area contributed by atoms with E-state index in [0.29, 0.717) is 6.61 Å². The van der Waals surface area contributed by atoms with Gasteiger partial charge in [0.2, 0.25) is 0 Å². The lowest BCUT2D eigenvalue weighted by Gasteiger charge is -2.00. The smallest absolute Gasteiger partial charge is 0.330 e. The van der Waals surface area contributed by atoms with Crippen molar-refractivity contribution in [2.24, 2.45) is 0 Å². The van der Waals surface area contributed by atoms with Gasteiger partial charge in [0.05, 0.1) is 0 Å². The van der Waals surface area contributed by atoms with Gasteiger partial charge >= 0.3 is 11.9 Å². The highest BCUT2D eigenvalue weighted by Gasteiger charge is 2.24. The maximum atomic E-state index is 10.6. The molecule has 0 spiro atoms. The third-order valence-electron chi connectivity index (χ3n) is 2.36. The van der Waals surface area contributed by atoms with Gasteiger partial charge in [0.25, 0.3) is 0 Å². The second-order valence-corrected chi connectivity index (χ2v) is 4.14. The monoisotopic (exact) mass is 274 g/mol. The van der Waals surface area contributed by atoms with Crippen molar-refractivity contribution < 1.29 is 19.1 Å². The van der Waals surface area contributed by atoms with Crippen molar-refractivity contribution in [3.05, 3.63) is 61.2 Å². The predicted molar refractivity (Wildman–Crippen MR) is 75.7 cm³/mol. The Morgan fingerprint density at radius 1 is 1.10 bits per heavy atom. The summed E-state index contributed by atoms with van der Waals surface area (Å²) in [5.74, 6) is -0.689. The van der Waals surface area contributed by atoms with E-state index >= 15 is 0 Å². The summed E-state index contributed by atoms with van der Waals surface area (Å²) in [4.78, 5) is 21.0. The zero-order valence-electron chi connectivity index (χ0n) is 11.3. The SMILES string of the molecule is C=CC(=O)OC1CC1.C=CC(=O)OCc1ccccc1. The Bertz CT molecular complexity index is 461. The van der Waals surface area contributed by atoms with Crippen LogP contribution in [0.4, 0.5) is 0 Å². The first-order valence-electron chi connectivity index (χ1n) is 6.32. The summed E-state index contributed by atoms with van der Waals surface area (Å²) in [5, 5.41) is 0. The maximum absolute atomic E-state index is 10.6. The Hall–Kier alpha value is -2.36. The fourth-order valence-corrected chi connectivity index (χ4v) is 1.19. The molecule has 1 aliphatic rings. The molecule has 0 atom stereocenters. The van der Waals surface area contributed by atoms with Crippen LogP contribution in [0.3, 0.4) is 0 Å². The van der Waals surface area contributed by atoms with Crippen molar-refractivity contribution in [2.45, 2.75) is 25.6 Å². The average molecular weight is 274 g/mol. The second-order valence-electron chi connectivity index (χ2n) is 4.14. The zero-order chi connectivity index (χ0) is 14.8. The van der Waals surface area contributed by atoms with E-state index in [4.69, 9.17) is 9.47 Å². The first-order chi connectivity index (χ1) is 9.65. The van der Waals surface area contributed by atoms with Gasteiger partial charge in [0, 0.05) is 12.2 Å². The number of benzene rings is 1. The first-order valence-corrected chi connectivity index (χ1v) is 6.32. The molecule has 1 fully saturated rings. The van der Waals surface area contributed by atoms with Crippen LogP contribution >= 0.6 is 0 Å². The van der Waals surface area contributed by atoms with E-state index in [9.17, 15) is 9.59 Å². The van der Waals surface area contributed by atoms with Crippen molar-refractivity contribution in [3.63, 3.8) is 0 Å². The van der Waals surface area contributed by atoms with E-state index in [-0.39, 0.29) is 18.0 Å². The molecule has 0 unspecified atom stereocenters. The van der Waals surface area contributed by atoms with Crippen molar-refractivity contribution in [1.29, 1.82) is 0 Å². The molecule has 0 bridgehead atoms. The fraction of sp³-hybridized carbons (Fsp3) is 0.250. The van der Waals surface area contributed by atoms with Crippen LogP contribution in [0.5, 0.6) is 0 Å². The molecule has 106 valence electrons. The molecule has 1 aromatic rings. The van der Waals surface area contributed by atoms with Crippen LogP contribution in [0, 0.1) is 0 Å². The summed E-state index contributed by atoms with van der Waals surface area (Å²) < 4.78 is 9.57. The Morgan fingerprint density at radius 3 is 2.20 bits per heavy atom. The Balaban J connectivity index is 0.000000217. The number of carbonyl (C=O) groups excluding carboxylic acids is 2. The highest BCUT2D eigenvalue weighted by Crippen LogP contribution is 2.23. The molecule has 0 aromatic heterocycles. The van der Waals surface area contributed by atoms with Gasteiger partial charge in [-0.15, -0.1) is 0 Å². The third-order valence-corrected chi connectivity index (χ3v) is 2.36. The first kappa shape index (κ1) is 15.7. The number of rotatable bonds is 5. The highest BCUT2D eigenvalue weighted by molar-refractivity contribution is 5.81. The van der Waals surface area contributed by atoms with Gasteiger partial charge in [0.1, 0.15) is 12.7 Å². The highest BCUT2D eigenvalue weighted by atomic mass is 16.5. The lowest BCUT2D eigenvalue weighted by atomic mass is 10.2. The summed E-state index contributed by atoms with van der Waals surface area (Å²) in [6.45, 7) is 6.88. The number of esters is 2. The second kappa shape index (κ2) is 8.69. The molecule has 0 radical (unpaired) electrons. The van der Waals surface area contributed by atoms with Crippen molar-refractivity contribution in [3.8, 4) is 0 Å². The van der Waals surface area contributed by atoms with Crippen molar-refractivity contribution in [2.75, 3.05) is 0 Å². The van der Waals surface area contributed by atoms with E-state index < -0.39 is 0 Å². The molecule has 2 rings (SSSR count). The lowest BCUT2D eigenvalue weighted by molar-refractivity contribution is -0.139. The maximum Gasteiger partial charge on any atom is 0.330 e. The topological polar surface area (TPSA) is 52.6 Å². The molecule has 20 heavy (non-hydrogen) atoms. The van der Waals surface area contributed by atoms with E-state index in [0.717, 1.165) is 24.5 Å². The molecule has 0 aliphatic heterocycles. The summed E-state index contributed by atoms with van der Waals surface area (Å²) in [7, 11) is 0. The molecular formula is C16H18O4. The number of carbonyl (C=O) groups is 2. The molecule has 0 N–H and O–H groups in total. The van der Waals surface area contributed by atoms with Crippen LogP contribution in [0.1, 0.15) is 18.4 Å². The molecule has 0 amide bonds. The zero-order valence-corrected chi connectivity index (χ0v) is 11.3. The summed E-state index contributed by atoms with van der Waals surface area (Å²) in [6.07, 6.45) is 4.61. The van der Waals surface area contributed by atoms with E-state index in [1.54, 1.807) is 0 Å². The number of ether oxygens (including phenoxy) is 2. The van der Waals surface area contributed by atoms with E-state index in [1.165, 1.54) is 6.08 Å². The van der Waals surface area contributed by atoms with Gasteiger partial charge in [-0.2, -0.15) is 0 Å². The van der Waals surface area contributed by atoms with Gasteiger partial charge in [-0.25, -0.2) is 9.59 Å². The van der Waals surface area contributed by atoms with Crippen LogP contribution in [0.25, 0.3) is 0 Å². The number of hydrogen-bond acceptors (Lipinski definition) is 4. The Kier molecular flexibility index (Phi) is 6.82. The van der Waals surface area contributed by atoms with Gasteiger partial charge in [-0.1, -0.05) is 43.5 Å². The van der Waals surface area contributed by atoms with Crippen molar-refractivity contribution in [1.82, 2.24) is 0 Å². The normalized spacial score (nSPS) is 12.4. The van der Waals surface area contributed by atoms with E-state index in [2.05, 4.69) is 13.2 Å². The minimum atomic E-state index is -0.390. The quantitative estimate of drug-likeness (QED) is 0.612. The van der Waals surface area contributed by atoms with Crippen LogP contribution < -0.4 is 0 Å². The van der Waals surface area contributed by atoms with E-state index in [1.807, 2.05) is 30.3 Å². The molecule has 1 aromatic carbocycles. The van der Waals surface area contributed by atoms with Crippen molar-refractivity contribution >= 4 is 11.9 Å². The fourth-order valence-electron chi connectivity index (χ4n) is 1.19. The lowest BCUT2D eigenvalue weighted by Crippen LogP contribution is -2.00. The Labute approximate surface area is 118 Å². The average Bonchev–Trinajstić information content (AvgIpc) is 3.30. The summed E-state index contributed by atoms with van der Waals surface area (Å²) >= 11 is 0. The van der Waals surface area contributed by atoms with Crippen LogP contribution in [-0.2, 0) is 25.7 Å². The predicted octanol–water partition coefficient (Wildman–Crippen LogP) is 2.79. The van der Waals surface area contributed by atoms with Gasteiger partial charge in [-0.3, -0.25) is 0 Å². The molecule has 0 heterocycles. The number of hydrogen-bond donors (Lipinski definition) is 0. The largest absolute Gasteiger partial charge is 0.459 e. The Morgan fingerprint density at radius 2 is 1.70 bits per heavy atom. The summed E-state index contributed by atoms with van der Waals surface area (Å²) in [6, 6.07) is 9.51. The molecule has 4 nitrogen and oxygen atoms in total. The molecule has 1 saturated carbocycles. The molecular weight excluding hydrogens is 256 g/mol.